The fourth-order valence-corrected chi connectivity index (χ4v) is 7.03. The van der Waals surface area contributed by atoms with Crippen molar-refractivity contribution in [1.29, 1.82) is 0 Å². The van der Waals surface area contributed by atoms with Crippen LogP contribution in [0.1, 0.15) is 46.5 Å². The number of halogens is 1. The molecule has 0 radical (unpaired) electrons. The maximum atomic E-state index is 13.4. The van der Waals surface area contributed by atoms with Crippen molar-refractivity contribution in [2.45, 2.75) is 58.0 Å². The summed E-state index contributed by atoms with van der Waals surface area (Å²) in [4.78, 5) is 62.2. The van der Waals surface area contributed by atoms with E-state index in [1.54, 1.807) is 35.4 Å². The Morgan fingerprint density at radius 1 is 1.12 bits per heavy atom. The highest BCUT2D eigenvalue weighted by Crippen LogP contribution is 2.60. The molecule has 0 saturated carbocycles. The van der Waals surface area contributed by atoms with E-state index in [9.17, 15) is 33.4 Å². The molecule has 0 aliphatic heterocycles. The molecule has 2 aromatic rings. The summed E-state index contributed by atoms with van der Waals surface area (Å²) in [7, 11) is -9.22. The lowest BCUT2D eigenvalue weighted by molar-refractivity contribution is -0.121. The lowest BCUT2D eigenvalue weighted by atomic mass is 10.1. The first-order valence-electron chi connectivity index (χ1n) is 13.2. The highest BCUT2D eigenvalue weighted by Gasteiger charge is 2.46. The minimum absolute atomic E-state index is 0.00888. The Morgan fingerprint density at radius 3 is 2.41 bits per heavy atom. The van der Waals surface area contributed by atoms with Gasteiger partial charge in [0.15, 0.2) is 0 Å². The Bertz CT molecular complexity index is 1270. The third kappa shape index (κ3) is 10.3. The SMILES string of the molecule is CCN(CC)CCCC(C)N(C(=O)OCCCC(=O)NC(P(=O)(O)O)P(=O)(O)OC)c1ccnc2cc(Cl)ccc12. The minimum Gasteiger partial charge on any atom is -0.449 e. The van der Waals surface area contributed by atoms with Crippen molar-refractivity contribution in [3.05, 3.63) is 35.5 Å². The highest BCUT2D eigenvalue weighted by molar-refractivity contribution is 7.71. The smallest absolute Gasteiger partial charge is 0.414 e. The third-order valence-electron chi connectivity index (χ3n) is 6.52. The van der Waals surface area contributed by atoms with E-state index >= 15 is 0 Å². The van der Waals surface area contributed by atoms with Crippen molar-refractivity contribution in [3.8, 4) is 0 Å². The maximum absolute atomic E-state index is 13.4. The number of carbonyl (C=O) groups excluding carboxylic acids is 2. The van der Waals surface area contributed by atoms with E-state index in [1.807, 2.05) is 12.2 Å². The van der Waals surface area contributed by atoms with Crippen LogP contribution in [0.4, 0.5) is 10.5 Å². The van der Waals surface area contributed by atoms with Gasteiger partial charge in [-0.3, -0.25) is 23.8 Å². The van der Waals surface area contributed by atoms with Gasteiger partial charge in [-0.2, -0.15) is 0 Å². The first kappa shape index (κ1) is 35.1. The number of carbonyl (C=O) groups is 2. The largest absolute Gasteiger partial charge is 0.449 e. The van der Waals surface area contributed by atoms with E-state index in [0.717, 1.165) is 33.2 Å². The van der Waals surface area contributed by atoms with Gasteiger partial charge >= 0.3 is 21.3 Å². The molecule has 0 saturated heterocycles. The van der Waals surface area contributed by atoms with Crippen molar-refractivity contribution < 1.29 is 42.7 Å². The molecule has 3 atom stereocenters. The first-order valence-corrected chi connectivity index (χ1v) is 16.9. The van der Waals surface area contributed by atoms with Gasteiger partial charge < -0.3 is 34.2 Å². The van der Waals surface area contributed by atoms with Gasteiger partial charge in [-0.25, -0.2) is 4.79 Å². The van der Waals surface area contributed by atoms with Crippen molar-refractivity contribution in [2.24, 2.45) is 0 Å². The minimum atomic E-state index is -5.20. The molecule has 2 amide bonds. The van der Waals surface area contributed by atoms with Crippen LogP contribution in [-0.2, 0) is 23.2 Å². The highest BCUT2D eigenvalue weighted by atomic mass is 35.5. The number of pyridine rings is 1. The predicted octanol–water partition coefficient (Wildman–Crippen LogP) is 4.53. The zero-order valence-corrected chi connectivity index (χ0v) is 26.1. The van der Waals surface area contributed by atoms with E-state index in [-0.39, 0.29) is 25.5 Å². The van der Waals surface area contributed by atoms with Crippen molar-refractivity contribution in [3.63, 3.8) is 0 Å². The van der Waals surface area contributed by atoms with Crippen LogP contribution < -0.4 is 10.2 Å². The fraction of sp³-hybridized carbons (Fsp3) is 0.560. The lowest BCUT2D eigenvalue weighted by Crippen LogP contribution is -2.40. The average Bonchev–Trinajstić information content (AvgIpc) is 2.91. The molecular weight excluding hydrogens is 598 g/mol. The Kier molecular flexibility index (Phi) is 13.7. The molecule has 3 unspecified atom stereocenters. The van der Waals surface area contributed by atoms with Gasteiger partial charge in [0.25, 0.3) is 0 Å². The Labute approximate surface area is 244 Å². The Balaban J connectivity index is 2.13. The van der Waals surface area contributed by atoms with Crippen LogP contribution in [0.3, 0.4) is 0 Å². The number of rotatable bonds is 16. The topological polar surface area (TPSA) is 179 Å². The monoisotopic (exact) mass is 636 g/mol. The number of amides is 2. The zero-order chi connectivity index (χ0) is 30.8. The molecular formula is C25H39ClN4O9P2. The molecule has 1 aromatic heterocycles. The summed E-state index contributed by atoms with van der Waals surface area (Å²) in [6.07, 6.45) is 2.14. The lowest BCUT2D eigenvalue weighted by Gasteiger charge is -2.30. The van der Waals surface area contributed by atoms with Crippen LogP contribution in [0.15, 0.2) is 30.5 Å². The first-order chi connectivity index (χ1) is 19.2. The number of nitrogens with zero attached hydrogens (tertiary/aromatic N) is 3. The molecule has 0 spiro atoms. The van der Waals surface area contributed by atoms with Crippen LogP contribution in [0.5, 0.6) is 0 Å². The zero-order valence-electron chi connectivity index (χ0n) is 23.6. The summed E-state index contributed by atoms with van der Waals surface area (Å²) in [5, 5.41) is 3.07. The predicted molar refractivity (Wildman–Crippen MR) is 157 cm³/mol. The third-order valence-corrected chi connectivity index (χ3v) is 10.6. The molecule has 1 aromatic carbocycles. The molecule has 16 heteroatoms. The number of ether oxygens (including phenoxy) is 1. The summed E-state index contributed by atoms with van der Waals surface area (Å²) in [5.41, 5.74) is -1.21. The molecule has 13 nitrogen and oxygen atoms in total. The van der Waals surface area contributed by atoms with Crippen LogP contribution in [0.2, 0.25) is 5.02 Å². The second-order valence-corrected chi connectivity index (χ2v) is 13.9. The van der Waals surface area contributed by atoms with E-state index < -0.39 is 32.7 Å². The Hall–Kier alpha value is -2.08. The van der Waals surface area contributed by atoms with Crippen LogP contribution in [-0.4, -0.2) is 81.5 Å². The molecule has 0 aliphatic carbocycles. The summed E-state index contributed by atoms with van der Waals surface area (Å²) in [6, 6.07) is 6.66. The molecule has 0 aliphatic rings. The molecule has 2 rings (SSSR count). The van der Waals surface area contributed by atoms with E-state index in [4.69, 9.17) is 16.3 Å². The summed E-state index contributed by atoms with van der Waals surface area (Å²) < 4.78 is 33.3. The van der Waals surface area contributed by atoms with Crippen molar-refractivity contribution in [1.82, 2.24) is 15.2 Å². The molecule has 0 fully saturated rings. The second-order valence-electron chi connectivity index (χ2n) is 9.37. The number of hydrogen-bond acceptors (Lipinski definition) is 8. The summed E-state index contributed by atoms with van der Waals surface area (Å²) in [6.45, 7) is 8.65. The van der Waals surface area contributed by atoms with Gasteiger partial charge in [0, 0.05) is 36.2 Å². The van der Waals surface area contributed by atoms with Gasteiger partial charge in [0.1, 0.15) is 0 Å². The number of aromatic nitrogens is 1. The number of hydrogen-bond donors (Lipinski definition) is 4. The van der Waals surface area contributed by atoms with Crippen LogP contribution in [0.25, 0.3) is 10.9 Å². The number of anilines is 1. The van der Waals surface area contributed by atoms with Gasteiger partial charge in [-0.1, -0.05) is 25.4 Å². The maximum Gasteiger partial charge on any atom is 0.414 e. The summed E-state index contributed by atoms with van der Waals surface area (Å²) in [5.74, 6) is -0.917. The van der Waals surface area contributed by atoms with Gasteiger partial charge in [0.05, 0.1) is 17.8 Å². The number of benzene rings is 1. The summed E-state index contributed by atoms with van der Waals surface area (Å²) >= 11 is 6.14. The molecule has 4 N–H and O–H groups in total. The standard InChI is InChI=1S/C25H39ClN4O9P2/c1-5-29(6-2)15-7-9-18(3)30(22-13-14-27-21-17-19(26)11-12-20(21)22)25(32)39-16-8-10-23(31)28-24(40(33,34)35)41(36,37)38-4/h11-14,17-18,24H,5-10,15-16H2,1-4H3,(H,28,31)(H,36,37)(H2,33,34,35). The second kappa shape index (κ2) is 16.0. The van der Waals surface area contributed by atoms with E-state index in [0.29, 0.717) is 28.0 Å². The van der Waals surface area contributed by atoms with E-state index in [1.165, 1.54) is 0 Å². The quantitative estimate of drug-likeness (QED) is 0.150. The van der Waals surface area contributed by atoms with Gasteiger partial charge in [0.2, 0.25) is 11.4 Å². The van der Waals surface area contributed by atoms with Crippen LogP contribution in [0, 0.1) is 0 Å². The van der Waals surface area contributed by atoms with Gasteiger partial charge in [-0.15, -0.1) is 0 Å². The normalized spacial score (nSPS) is 14.9. The number of nitrogens with one attached hydrogen (secondary N) is 1. The number of fused-ring (bicyclic) bond motifs is 1. The van der Waals surface area contributed by atoms with Crippen molar-refractivity contribution in [2.75, 3.05) is 38.3 Å². The van der Waals surface area contributed by atoms with Crippen molar-refractivity contribution >= 4 is 55.4 Å². The molecule has 230 valence electrons. The fourth-order valence-electron chi connectivity index (χ4n) is 4.24. The molecule has 1 heterocycles. The molecule has 0 bridgehead atoms. The van der Waals surface area contributed by atoms with E-state index in [2.05, 4.69) is 28.3 Å². The molecule has 41 heavy (non-hydrogen) atoms. The average molecular weight is 637 g/mol. The Morgan fingerprint density at radius 2 is 1.80 bits per heavy atom. The van der Waals surface area contributed by atoms with Gasteiger partial charge in [-0.05, 0) is 70.1 Å². The van der Waals surface area contributed by atoms with Crippen LogP contribution >= 0.6 is 26.8 Å².